The quantitative estimate of drug-likeness (QED) is 0.928. The normalized spacial score (nSPS) is 23.3. The molecule has 1 aromatic rings. The molecule has 23 heavy (non-hydrogen) atoms. The van der Waals surface area contributed by atoms with Gasteiger partial charge in [-0.25, -0.2) is 14.4 Å². The molecule has 0 saturated carbocycles. The molecule has 1 N–H and O–H groups in total. The third-order valence-corrected chi connectivity index (χ3v) is 4.39. The lowest BCUT2D eigenvalue weighted by molar-refractivity contribution is 0.0415. The van der Waals surface area contributed by atoms with E-state index in [1.807, 2.05) is 26.3 Å². The number of ether oxygens (including phenoxy) is 1. The van der Waals surface area contributed by atoms with Crippen LogP contribution in [0.15, 0.2) is 28.2 Å². The van der Waals surface area contributed by atoms with Crippen LogP contribution in [0.2, 0.25) is 0 Å². The lowest BCUT2D eigenvalue weighted by atomic mass is 10.0. The summed E-state index contributed by atoms with van der Waals surface area (Å²) in [4.78, 5) is 10.7. The van der Waals surface area contributed by atoms with Crippen LogP contribution in [-0.2, 0) is 4.74 Å². The molecular formula is C17H23FN4O. The fourth-order valence-electron chi connectivity index (χ4n) is 3.06. The van der Waals surface area contributed by atoms with Gasteiger partial charge in [0.2, 0.25) is 0 Å². The summed E-state index contributed by atoms with van der Waals surface area (Å²) in [5, 5.41) is 3.41. The second-order valence-corrected chi connectivity index (χ2v) is 6.11. The number of aliphatic imine (C=N–C) groups is 2. The van der Waals surface area contributed by atoms with Crippen molar-refractivity contribution in [2.24, 2.45) is 9.98 Å². The van der Waals surface area contributed by atoms with Crippen molar-refractivity contribution in [1.82, 2.24) is 10.2 Å². The predicted molar refractivity (Wildman–Crippen MR) is 89.1 cm³/mol. The van der Waals surface area contributed by atoms with Crippen LogP contribution < -0.4 is 5.32 Å². The molecule has 2 atom stereocenters. The van der Waals surface area contributed by atoms with E-state index in [1.165, 1.54) is 6.07 Å². The number of halogens is 1. The molecule has 2 heterocycles. The number of hydrogen-bond donors (Lipinski definition) is 1. The minimum absolute atomic E-state index is 0.147. The first-order chi connectivity index (χ1) is 11.1. The Morgan fingerprint density at radius 1 is 1.35 bits per heavy atom. The maximum atomic E-state index is 14.1. The van der Waals surface area contributed by atoms with Gasteiger partial charge in [-0.3, -0.25) is 5.32 Å². The predicted octanol–water partition coefficient (Wildman–Crippen LogP) is 2.62. The molecule has 2 unspecified atom stereocenters. The van der Waals surface area contributed by atoms with Crippen molar-refractivity contribution in [1.29, 1.82) is 0 Å². The molecule has 1 fully saturated rings. The standard InChI is InChI=1S/C17H23FN4O/c1-12-3-4-16(18)15(9-12)13(2)21-17-20-10-19-11-22(17)14-5-7-23-8-6-14/h3-4,9-11,13-14,17,21H,5-8H2,1-2H3. The Balaban J connectivity index is 1.72. The maximum Gasteiger partial charge on any atom is 0.179 e. The first-order valence-corrected chi connectivity index (χ1v) is 8.07. The summed E-state index contributed by atoms with van der Waals surface area (Å²) in [6.45, 7) is 5.44. The second kappa shape index (κ2) is 7.19. The van der Waals surface area contributed by atoms with E-state index in [0.29, 0.717) is 11.6 Å². The van der Waals surface area contributed by atoms with Crippen LogP contribution in [0.4, 0.5) is 4.39 Å². The van der Waals surface area contributed by atoms with Crippen LogP contribution in [0.3, 0.4) is 0 Å². The summed E-state index contributed by atoms with van der Waals surface area (Å²) in [6.07, 6.45) is 5.04. The monoisotopic (exact) mass is 318 g/mol. The van der Waals surface area contributed by atoms with Crippen molar-refractivity contribution < 1.29 is 9.13 Å². The molecule has 0 aliphatic carbocycles. The zero-order chi connectivity index (χ0) is 16.2. The molecule has 0 amide bonds. The smallest absolute Gasteiger partial charge is 0.179 e. The Bertz CT molecular complexity index is 598. The molecule has 3 rings (SSSR count). The van der Waals surface area contributed by atoms with Crippen LogP contribution >= 0.6 is 0 Å². The molecule has 0 radical (unpaired) electrons. The Kier molecular flexibility index (Phi) is 5.03. The van der Waals surface area contributed by atoms with E-state index in [9.17, 15) is 4.39 Å². The van der Waals surface area contributed by atoms with Gasteiger partial charge in [0.15, 0.2) is 6.29 Å². The van der Waals surface area contributed by atoms with Gasteiger partial charge >= 0.3 is 0 Å². The topological polar surface area (TPSA) is 49.2 Å². The Hall–Kier alpha value is -1.79. The van der Waals surface area contributed by atoms with Crippen molar-refractivity contribution in [2.45, 2.75) is 45.1 Å². The van der Waals surface area contributed by atoms with Crippen molar-refractivity contribution in [3.63, 3.8) is 0 Å². The molecule has 2 aliphatic rings. The third-order valence-electron chi connectivity index (χ3n) is 4.39. The lowest BCUT2D eigenvalue weighted by Gasteiger charge is -2.39. The van der Waals surface area contributed by atoms with Crippen LogP contribution in [-0.4, -0.2) is 43.1 Å². The van der Waals surface area contributed by atoms with E-state index in [4.69, 9.17) is 4.74 Å². The average Bonchev–Trinajstić information content (AvgIpc) is 2.58. The molecule has 1 aromatic carbocycles. The molecule has 0 aromatic heterocycles. The fourth-order valence-corrected chi connectivity index (χ4v) is 3.06. The minimum Gasteiger partial charge on any atom is -0.381 e. The van der Waals surface area contributed by atoms with Crippen LogP contribution in [0.25, 0.3) is 0 Å². The van der Waals surface area contributed by atoms with Crippen molar-refractivity contribution >= 4 is 12.7 Å². The first-order valence-electron chi connectivity index (χ1n) is 8.07. The van der Waals surface area contributed by atoms with E-state index in [2.05, 4.69) is 20.2 Å². The molecule has 0 spiro atoms. The van der Waals surface area contributed by atoms with Gasteiger partial charge in [-0.2, -0.15) is 0 Å². The van der Waals surface area contributed by atoms with Gasteiger partial charge in [0.25, 0.3) is 0 Å². The molecule has 124 valence electrons. The van der Waals surface area contributed by atoms with Gasteiger partial charge in [-0.15, -0.1) is 0 Å². The number of rotatable bonds is 4. The molecule has 2 aliphatic heterocycles. The van der Waals surface area contributed by atoms with Gasteiger partial charge in [0.05, 0.1) is 6.34 Å². The molecular weight excluding hydrogens is 295 g/mol. The van der Waals surface area contributed by atoms with E-state index in [1.54, 1.807) is 12.4 Å². The van der Waals surface area contributed by atoms with Crippen molar-refractivity contribution in [3.8, 4) is 0 Å². The third kappa shape index (κ3) is 3.76. The highest BCUT2D eigenvalue weighted by Crippen LogP contribution is 2.22. The van der Waals surface area contributed by atoms with Crippen molar-refractivity contribution in [3.05, 3.63) is 35.1 Å². The summed E-state index contributed by atoms with van der Waals surface area (Å²) in [6, 6.07) is 5.38. The summed E-state index contributed by atoms with van der Waals surface area (Å²) in [7, 11) is 0. The van der Waals surface area contributed by atoms with Crippen molar-refractivity contribution in [2.75, 3.05) is 13.2 Å². The first kappa shape index (κ1) is 16.1. The Morgan fingerprint density at radius 3 is 2.91 bits per heavy atom. The van der Waals surface area contributed by atoms with E-state index < -0.39 is 0 Å². The van der Waals surface area contributed by atoms with Crippen LogP contribution in [0, 0.1) is 12.7 Å². The molecule has 1 saturated heterocycles. The summed E-state index contributed by atoms with van der Waals surface area (Å²) >= 11 is 0. The lowest BCUT2D eigenvalue weighted by Crippen LogP contribution is -2.52. The Labute approximate surface area is 136 Å². The number of nitrogens with zero attached hydrogens (tertiary/aromatic N) is 3. The highest BCUT2D eigenvalue weighted by atomic mass is 19.1. The highest BCUT2D eigenvalue weighted by Gasteiger charge is 2.28. The maximum absolute atomic E-state index is 14.1. The average molecular weight is 318 g/mol. The van der Waals surface area contributed by atoms with Crippen LogP contribution in [0.1, 0.15) is 36.9 Å². The van der Waals surface area contributed by atoms with Crippen LogP contribution in [0.5, 0.6) is 0 Å². The SMILES string of the molecule is Cc1ccc(F)c(C(C)NC2N=CN=CN2C2CCOCC2)c1. The molecule has 5 nitrogen and oxygen atoms in total. The molecule has 0 bridgehead atoms. The van der Waals surface area contributed by atoms with E-state index >= 15 is 0 Å². The van der Waals surface area contributed by atoms with E-state index in [-0.39, 0.29) is 18.1 Å². The zero-order valence-electron chi connectivity index (χ0n) is 13.6. The second-order valence-electron chi connectivity index (χ2n) is 6.11. The molecule has 6 heteroatoms. The summed E-state index contributed by atoms with van der Waals surface area (Å²) in [5.74, 6) is -0.193. The largest absolute Gasteiger partial charge is 0.381 e. The Morgan fingerprint density at radius 2 is 2.13 bits per heavy atom. The summed E-state index contributed by atoms with van der Waals surface area (Å²) in [5.41, 5.74) is 1.71. The number of aryl methyl sites for hydroxylation is 1. The number of hydrogen-bond acceptors (Lipinski definition) is 5. The number of benzene rings is 1. The highest BCUT2D eigenvalue weighted by molar-refractivity contribution is 5.73. The van der Waals surface area contributed by atoms with Gasteiger partial charge in [-0.05, 0) is 32.8 Å². The van der Waals surface area contributed by atoms with Gasteiger partial charge in [-0.1, -0.05) is 17.7 Å². The van der Waals surface area contributed by atoms with Gasteiger partial charge in [0, 0.05) is 30.9 Å². The zero-order valence-corrected chi connectivity index (χ0v) is 13.6. The van der Waals surface area contributed by atoms with Gasteiger partial charge in [0.1, 0.15) is 12.2 Å². The summed E-state index contributed by atoms with van der Waals surface area (Å²) < 4.78 is 19.5. The fraction of sp³-hybridized carbons (Fsp3) is 0.529. The number of nitrogens with one attached hydrogen (secondary N) is 1. The van der Waals surface area contributed by atoms with E-state index in [0.717, 1.165) is 31.6 Å². The minimum atomic E-state index is -0.231. The van der Waals surface area contributed by atoms with Gasteiger partial charge < -0.3 is 9.64 Å².